The molecule has 0 aliphatic carbocycles. The quantitative estimate of drug-likeness (QED) is 0.515. The second-order valence-electron chi connectivity index (χ2n) is 5.79. The smallest absolute Gasteiger partial charge is 0.166 e. The van der Waals surface area contributed by atoms with Gasteiger partial charge in [-0.05, 0) is 25.5 Å². The molecule has 0 aromatic carbocycles. The first-order valence-corrected chi connectivity index (χ1v) is 9.49. The maximum absolute atomic E-state index is 5.89. The highest BCUT2D eigenvalue weighted by atomic mass is 32.1. The highest BCUT2D eigenvalue weighted by Gasteiger charge is 2.13. The molecule has 2 heterocycles. The van der Waals surface area contributed by atoms with Gasteiger partial charge in [-0.25, -0.2) is 0 Å². The lowest BCUT2D eigenvalue weighted by Crippen LogP contribution is -2.01. The molecule has 2 aromatic rings. The van der Waals surface area contributed by atoms with E-state index in [4.69, 9.17) is 4.74 Å². The van der Waals surface area contributed by atoms with E-state index in [0.29, 0.717) is 0 Å². The van der Waals surface area contributed by atoms with Gasteiger partial charge in [-0.2, -0.15) is 0 Å². The van der Waals surface area contributed by atoms with Crippen molar-refractivity contribution in [3.05, 3.63) is 29.4 Å². The molecule has 0 bridgehead atoms. The molecule has 0 fully saturated rings. The summed E-state index contributed by atoms with van der Waals surface area (Å²) < 4.78 is 5.89. The molecule has 2 rings (SSSR count). The van der Waals surface area contributed by atoms with E-state index < -0.39 is 0 Å². The van der Waals surface area contributed by atoms with Crippen molar-refractivity contribution in [2.24, 2.45) is 0 Å². The van der Waals surface area contributed by atoms with Crippen LogP contribution < -0.4 is 0 Å². The van der Waals surface area contributed by atoms with Crippen molar-refractivity contribution < 1.29 is 4.74 Å². The highest BCUT2D eigenvalue weighted by Crippen LogP contribution is 2.26. The van der Waals surface area contributed by atoms with Crippen LogP contribution in [0.2, 0.25) is 0 Å². The summed E-state index contributed by atoms with van der Waals surface area (Å²) in [6.45, 7) is 5.10. The summed E-state index contributed by atoms with van der Waals surface area (Å²) in [4.78, 5) is 4.31. The third-order valence-corrected chi connectivity index (χ3v) is 4.90. The summed E-state index contributed by atoms with van der Waals surface area (Å²) >= 11 is 1.56. The third-order valence-electron chi connectivity index (χ3n) is 3.79. The molecule has 23 heavy (non-hydrogen) atoms. The largest absolute Gasteiger partial charge is 0.371 e. The van der Waals surface area contributed by atoms with Crippen LogP contribution in [0.5, 0.6) is 0 Å². The lowest BCUT2D eigenvalue weighted by molar-refractivity contribution is 0.0621. The minimum Gasteiger partial charge on any atom is -0.371 e. The van der Waals surface area contributed by atoms with Crippen molar-refractivity contribution in [2.45, 2.75) is 64.9 Å². The second kappa shape index (κ2) is 10.4. The van der Waals surface area contributed by atoms with Crippen LogP contribution in [0.1, 0.15) is 69.9 Å². The Morgan fingerprint density at radius 2 is 1.83 bits per heavy atom. The van der Waals surface area contributed by atoms with Crippen LogP contribution in [0.4, 0.5) is 0 Å². The first-order chi connectivity index (χ1) is 11.3. The first kappa shape index (κ1) is 18.0. The number of rotatable bonds is 11. The summed E-state index contributed by atoms with van der Waals surface area (Å²) in [6, 6.07) is 5.82. The van der Waals surface area contributed by atoms with Gasteiger partial charge in [0.05, 0.1) is 0 Å². The van der Waals surface area contributed by atoms with Crippen LogP contribution in [-0.2, 0) is 4.74 Å². The zero-order valence-electron chi connectivity index (χ0n) is 14.2. The fourth-order valence-corrected chi connectivity index (χ4v) is 3.20. The molecule has 0 saturated heterocycles. The Hall–Kier alpha value is -1.33. The molecule has 126 valence electrons. The van der Waals surface area contributed by atoms with Crippen LogP contribution in [0.15, 0.2) is 24.4 Å². The maximum atomic E-state index is 5.89. The predicted molar refractivity (Wildman–Crippen MR) is 95.5 cm³/mol. The number of aromatic nitrogens is 3. The fraction of sp³-hybridized carbons (Fsp3) is 0.611. The summed E-state index contributed by atoms with van der Waals surface area (Å²) in [5.74, 6) is 0. The molecule has 0 N–H and O–H groups in total. The average molecular weight is 334 g/mol. The van der Waals surface area contributed by atoms with E-state index >= 15 is 0 Å². The van der Waals surface area contributed by atoms with Crippen molar-refractivity contribution in [2.75, 3.05) is 6.61 Å². The third kappa shape index (κ3) is 6.36. The molecule has 0 spiro atoms. The van der Waals surface area contributed by atoms with E-state index in [-0.39, 0.29) is 6.10 Å². The maximum Gasteiger partial charge on any atom is 0.166 e. The van der Waals surface area contributed by atoms with Crippen LogP contribution in [-0.4, -0.2) is 21.8 Å². The van der Waals surface area contributed by atoms with Crippen LogP contribution in [0, 0.1) is 0 Å². The summed E-state index contributed by atoms with van der Waals surface area (Å²) in [5, 5.41) is 10.2. The molecule has 1 atom stereocenters. The van der Waals surface area contributed by atoms with Crippen LogP contribution >= 0.6 is 11.3 Å². The first-order valence-electron chi connectivity index (χ1n) is 8.67. The monoisotopic (exact) mass is 333 g/mol. The van der Waals surface area contributed by atoms with Gasteiger partial charge in [-0.1, -0.05) is 62.9 Å². The fourth-order valence-electron chi connectivity index (χ4n) is 2.38. The summed E-state index contributed by atoms with van der Waals surface area (Å²) in [5.41, 5.74) is 0.871. The van der Waals surface area contributed by atoms with Gasteiger partial charge in [-0.3, -0.25) is 4.98 Å². The second-order valence-corrected chi connectivity index (χ2v) is 6.80. The standard InChI is InChI=1S/C18H27N3OS/c1-3-4-5-6-7-8-11-14-22-15(2)17-20-21-18(23-17)16-12-9-10-13-19-16/h9-10,12-13,15H,3-8,11,14H2,1-2H3/t15-/m1/s1. The molecule has 0 saturated carbocycles. The number of unbranched alkanes of at least 4 members (excludes halogenated alkanes) is 6. The van der Waals surface area contributed by atoms with Gasteiger partial charge < -0.3 is 4.74 Å². The van der Waals surface area contributed by atoms with Crippen molar-refractivity contribution in [1.82, 2.24) is 15.2 Å². The van der Waals surface area contributed by atoms with Gasteiger partial charge in [0.15, 0.2) is 5.01 Å². The lowest BCUT2D eigenvalue weighted by atomic mass is 10.1. The van der Waals surface area contributed by atoms with E-state index in [9.17, 15) is 0 Å². The van der Waals surface area contributed by atoms with E-state index in [1.54, 1.807) is 17.5 Å². The van der Waals surface area contributed by atoms with Gasteiger partial charge in [0.1, 0.15) is 16.8 Å². The highest BCUT2D eigenvalue weighted by molar-refractivity contribution is 7.14. The molecule has 0 radical (unpaired) electrons. The van der Waals surface area contributed by atoms with E-state index in [1.165, 1.54) is 38.5 Å². The van der Waals surface area contributed by atoms with E-state index in [1.807, 2.05) is 25.1 Å². The van der Waals surface area contributed by atoms with E-state index in [2.05, 4.69) is 22.1 Å². The topological polar surface area (TPSA) is 47.9 Å². The van der Waals surface area contributed by atoms with Gasteiger partial charge in [-0.15, -0.1) is 10.2 Å². The molecular formula is C18H27N3OS. The average Bonchev–Trinajstić information content (AvgIpc) is 3.08. The van der Waals surface area contributed by atoms with Gasteiger partial charge in [0.2, 0.25) is 0 Å². The molecule has 0 amide bonds. The molecular weight excluding hydrogens is 306 g/mol. The zero-order valence-corrected chi connectivity index (χ0v) is 15.0. The van der Waals surface area contributed by atoms with Gasteiger partial charge >= 0.3 is 0 Å². The molecule has 0 unspecified atom stereocenters. The van der Waals surface area contributed by atoms with E-state index in [0.717, 1.165) is 28.7 Å². The van der Waals surface area contributed by atoms with Gasteiger partial charge in [0.25, 0.3) is 0 Å². The SMILES string of the molecule is CCCCCCCCCO[C@H](C)c1nnc(-c2ccccn2)s1. The Kier molecular flexibility index (Phi) is 8.18. The Morgan fingerprint density at radius 3 is 2.57 bits per heavy atom. The van der Waals surface area contributed by atoms with Crippen molar-refractivity contribution >= 4 is 11.3 Å². The zero-order chi connectivity index (χ0) is 16.3. The number of hydrogen-bond acceptors (Lipinski definition) is 5. The number of nitrogens with zero attached hydrogens (tertiary/aromatic N) is 3. The predicted octanol–water partition coefficient (Wildman–Crippen LogP) is 5.43. The number of hydrogen-bond donors (Lipinski definition) is 0. The Morgan fingerprint density at radius 1 is 1.04 bits per heavy atom. The number of ether oxygens (including phenoxy) is 1. The van der Waals surface area contributed by atoms with Crippen LogP contribution in [0.25, 0.3) is 10.7 Å². The summed E-state index contributed by atoms with van der Waals surface area (Å²) in [7, 11) is 0. The van der Waals surface area contributed by atoms with Crippen molar-refractivity contribution in [3.8, 4) is 10.7 Å². The number of pyridine rings is 1. The molecule has 2 aromatic heterocycles. The van der Waals surface area contributed by atoms with Gasteiger partial charge in [0, 0.05) is 12.8 Å². The minimum absolute atomic E-state index is 0.00468. The minimum atomic E-state index is 0.00468. The van der Waals surface area contributed by atoms with Crippen molar-refractivity contribution in [3.63, 3.8) is 0 Å². The molecule has 5 heteroatoms. The van der Waals surface area contributed by atoms with Crippen LogP contribution in [0.3, 0.4) is 0 Å². The molecule has 4 nitrogen and oxygen atoms in total. The molecule has 0 aliphatic rings. The summed E-state index contributed by atoms with van der Waals surface area (Å²) in [6.07, 6.45) is 10.9. The Balaban J connectivity index is 1.66. The Bertz CT molecular complexity index is 544. The van der Waals surface area contributed by atoms with Crippen molar-refractivity contribution in [1.29, 1.82) is 0 Å². The lowest BCUT2D eigenvalue weighted by Gasteiger charge is -2.09. The molecule has 0 aliphatic heterocycles. The normalized spacial score (nSPS) is 12.4. The Labute approximate surface area is 143 Å².